The molecule has 21 heavy (non-hydrogen) atoms. The number of hydrogen-bond acceptors (Lipinski definition) is 6. The maximum atomic E-state index is 11.7. The van der Waals surface area contributed by atoms with Crippen LogP contribution in [-0.4, -0.2) is 51.2 Å². The third-order valence-corrected chi connectivity index (χ3v) is 4.94. The third-order valence-electron chi connectivity index (χ3n) is 3.21. The summed E-state index contributed by atoms with van der Waals surface area (Å²) >= 11 is 0. The summed E-state index contributed by atoms with van der Waals surface area (Å²) in [5.74, 6) is -1.80. The van der Waals surface area contributed by atoms with E-state index in [9.17, 15) is 18.0 Å². The molecule has 8 heteroatoms. The van der Waals surface area contributed by atoms with Gasteiger partial charge in [0.2, 0.25) is 0 Å². The average Bonchev–Trinajstić information content (AvgIpc) is 2.33. The lowest BCUT2D eigenvalue weighted by Gasteiger charge is -2.29. The van der Waals surface area contributed by atoms with Crippen LogP contribution in [0.3, 0.4) is 0 Å². The Morgan fingerprint density at radius 3 is 2.43 bits per heavy atom. The molecule has 0 aliphatic carbocycles. The Kier molecular flexibility index (Phi) is 5.61. The zero-order valence-electron chi connectivity index (χ0n) is 12.8. The molecule has 0 spiro atoms. The number of nitrogens with one attached hydrogen (secondary N) is 1. The van der Waals surface area contributed by atoms with Crippen LogP contribution in [0.4, 0.5) is 4.79 Å². The largest absolute Gasteiger partial charge is 0.469 e. The Balaban J connectivity index is 2.63. The number of ether oxygens (including phenoxy) is 2. The standard InChI is InChI=1S/C13H23NO6S/c1-13(2,3)20-12(16)14-7-9-5-6-21(17,18)8-10(9)11(15)19-4/h9-10H,5-8H2,1-4H3,(H,14,16)/t9-,10-/m0/s1. The zero-order chi connectivity index (χ0) is 16.3. The van der Waals surface area contributed by atoms with Gasteiger partial charge in [0.15, 0.2) is 9.84 Å². The molecule has 2 atom stereocenters. The van der Waals surface area contributed by atoms with Gasteiger partial charge in [-0.3, -0.25) is 4.79 Å². The van der Waals surface area contributed by atoms with E-state index in [-0.39, 0.29) is 24.0 Å². The van der Waals surface area contributed by atoms with Crippen LogP contribution in [0.15, 0.2) is 0 Å². The van der Waals surface area contributed by atoms with Gasteiger partial charge in [-0.2, -0.15) is 0 Å². The molecule has 1 fully saturated rings. The van der Waals surface area contributed by atoms with Crippen LogP contribution in [0.25, 0.3) is 0 Å². The highest BCUT2D eigenvalue weighted by atomic mass is 32.2. The van der Waals surface area contributed by atoms with Crippen molar-refractivity contribution >= 4 is 21.9 Å². The van der Waals surface area contributed by atoms with E-state index < -0.39 is 33.4 Å². The molecule has 1 aliphatic rings. The quantitative estimate of drug-likeness (QED) is 0.770. The van der Waals surface area contributed by atoms with Crippen molar-refractivity contribution in [3.05, 3.63) is 0 Å². The van der Waals surface area contributed by atoms with Crippen molar-refractivity contribution in [2.24, 2.45) is 11.8 Å². The summed E-state index contributed by atoms with van der Waals surface area (Å²) in [7, 11) is -2.01. The molecule has 0 aromatic heterocycles. The van der Waals surface area contributed by atoms with Gasteiger partial charge in [-0.05, 0) is 33.1 Å². The van der Waals surface area contributed by atoms with E-state index in [0.717, 1.165) is 0 Å². The van der Waals surface area contributed by atoms with E-state index in [1.165, 1.54) is 7.11 Å². The van der Waals surface area contributed by atoms with Gasteiger partial charge in [-0.25, -0.2) is 13.2 Å². The predicted octanol–water partition coefficient (Wildman–Crippen LogP) is 0.735. The van der Waals surface area contributed by atoms with Crippen molar-refractivity contribution in [1.82, 2.24) is 5.32 Å². The molecule has 0 aromatic rings. The minimum atomic E-state index is -3.23. The minimum absolute atomic E-state index is 0.0150. The number of methoxy groups -OCH3 is 1. The van der Waals surface area contributed by atoms with E-state index in [1.807, 2.05) is 0 Å². The first kappa shape index (κ1) is 17.7. The molecule has 1 amide bonds. The number of esters is 1. The number of hydrogen-bond donors (Lipinski definition) is 1. The molecule has 0 radical (unpaired) electrons. The molecule has 1 heterocycles. The number of sulfone groups is 1. The van der Waals surface area contributed by atoms with Crippen molar-refractivity contribution in [3.8, 4) is 0 Å². The molecular formula is C13H23NO6S. The summed E-state index contributed by atoms with van der Waals surface area (Å²) in [5, 5.41) is 2.58. The van der Waals surface area contributed by atoms with Crippen LogP contribution >= 0.6 is 0 Å². The lowest BCUT2D eigenvalue weighted by molar-refractivity contribution is -0.146. The van der Waals surface area contributed by atoms with Gasteiger partial charge in [0.05, 0.1) is 24.5 Å². The summed E-state index contributed by atoms with van der Waals surface area (Å²) in [6, 6.07) is 0. The predicted molar refractivity (Wildman–Crippen MR) is 76.5 cm³/mol. The number of alkyl carbamates (subject to hydrolysis) is 1. The first-order valence-electron chi connectivity index (χ1n) is 6.79. The second-order valence-electron chi connectivity index (χ2n) is 6.18. The molecule has 0 unspecified atom stereocenters. The summed E-state index contributed by atoms with van der Waals surface area (Å²) in [6.07, 6.45) is -0.266. The van der Waals surface area contributed by atoms with Gasteiger partial charge in [0, 0.05) is 6.54 Å². The molecule has 1 rings (SSSR count). The fraction of sp³-hybridized carbons (Fsp3) is 0.846. The maximum absolute atomic E-state index is 11.7. The second-order valence-corrected chi connectivity index (χ2v) is 8.40. The van der Waals surface area contributed by atoms with Gasteiger partial charge in [-0.1, -0.05) is 0 Å². The number of amides is 1. The first-order valence-corrected chi connectivity index (χ1v) is 8.61. The minimum Gasteiger partial charge on any atom is -0.469 e. The SMILES string of the molecule is COC(=O)[C@H]1CS(=O)(=O)CC[C@H]1CNC(=O)OC(C)(C)C. The van der Waals surface area contributed by atoms with Gasteiger partial charge in [0.1, 0.15) is 5.60 Å². The first-order chi connectivity index (χ1) is 9.54. The van der Waals surface area contributed by atoms with E-state index >= 15 is 0 Å². The summed E-state index contributed by atoms with van der Waals surface area (Å²) in [4.78, 5) is 23.3. The van der Waals surface area contributed by atoms with Crippen LogP contribution in [0.1, 0.15) is 27.2 Å². The molecule has 1 N–H and O–H groups in total. The molecule has 7 nitrogen and oxygen atoms in total. The topological polar surface area (TPSA) is 98.8 Å². The third kappa shape index (κ3) is 5.91. The van der Waals surface area contributed by atoms with E-state index in [1.54, 1.807) is 20.8 Å². The molecule has 0 saturated carbocycles. The Bertz CT molecular complexity index is 493. The molecule has 122 valence electrons. The van der Waals surface area contributed by atoms with Crippen molar-refractivity contribution in [2.75, 3.05) is 25.2 Å². The Hall–Kier alpha value is -1.31. The van der Waals surface area contributed by atoms with Gasteiger partial charge >= 0.3 is 12.1 Å². The van der Waals surface area contributed by atoms with Crippen LogP contribution in [0.5, 0.6) is 0 Å². The van der Waals surface area contributed by atoms with E-state index in [0.29, 0.717) is 6.42 Å². The molecule has 0 bridgehead atoms. The highest BCUT2D eigenvalue weighted by molar-refractivity contribution is 7.91. The van der Waals surface area contributed by atoms with E-state index in [2.05, 4.69) is 10.1 Å². The molecular weight excluding hydrogens is 298 g/mol. The van der Waals surface area contributed by atoms with Crippen LogP contribution < -0.4 is 5.32 Å². The lowest BCUT2D eigenvalue weighted by Crippen LogP contribution is -2.44. The Morgan fingerprint density at radius 1 is 1.29 bits per heavy atom. The summed E-state index contributed by atoms with van der Waals surface area (Å²) in [6.45, 7) is 5.43. The number of carbonyl (C=O) groups is 2. The maximum Gasteiger partial charge on any atom is 0.407 e. The van der Waals surface area contributed by atoms with Gasteiger partial charge < -0.3 is 14.8 Å². The molecule has 1 saturated heterocycles. The average molecular weight is 321 g/mol. The fourth-order valence-corrected chi connectivity index (χ4v) is 3.99. The second kappa shape index (κ2) is 6.64. The molecule has 1 aliphatic heterocycles. The smallest absolute Gasteiger partial charge is 0.407 e. The monoisotopic (exact) mass is 321 g/mol. The normalized spacial score (nSPS) is 25.0. The fourth-order valence-electron chi connectivity index (χ4n) is 2.21. The highest BCUT2D eigenvalue weighted by Gasteiger charge is 2.38. The van der Waals surface area contributed by atoms with Gasteiger partial charge in [-0.15, -0.1) is 0 Å². The van der Waals surface area contributed by atoms with Gasteiger partial charge in [0.25, 0.3) is 0 Å². The number of carbonyl (C=O) groups excluding carboxylic acids is 2. The Morgan fingerprint density at radius 2 is 1.90 bits per heavy atom. The van der Waals surface area contributed by atoms with Crippen LogP contribution in [-0.2, 0) is 24.1 Å². The van der Waals surface area contributed by atoms with E-state index in [4.69, 9.17) is 4.74 Å². The van der Waals surface area contributed by atoms with Crippen molar-refractivity contribution in [2.45, 2.75) is 32.8 Å². The number of rotatable bonds is 3. The summed E-state index contributed by atoms with van der Waals surface area (Å²) < 4.78 is 33.0. The molecule has 0 aromatic carbocycles. The highest BCUT2D eigenvalue weighted by Crippen LogP contribution is 2.26. The van der Waals surface area contributed by atoms with Crippen molar-refractivity contribution in [1.29, 1.82) is 0 Å². The van der Waals surface area contributed by atoms with Crippen molar-refractivity contribution in [3.63, 3.8) is 0 Å². The zero-order valence-corrected chi connectivity index (χ0v) is 13.7. The lowest BCUT2D eigenvalue weighted by atomic mass is 9.91. The Labute approximate surface area is 125 Å². The van der Waals surface area contributed by atoms with Crippen LogP contribution in [0, 0.1) is 11.8 Å². The van der Waals surface area contributed by atoms with Crippen LogP contribution in [0.2, 0.25) is 0 Å². The van der Waals surface area contributed by atoms with Crippen molar-refractivity contribution < 1.29 is 27.5 Å². The summed E-state index contributed by atoms with van der Waals surface area (Å²) in [5.41, 5.74) is -0.609.